The molecule has 1 atom stereocenters. The monoisotopic (exact) mass is 376 g/mol. The van der Waals surface area contributed by atoms with Crippen molar-refractivity contribution in [2.75, 3.05) is 19.3 Å². The van der Waals surface area contributed by atoms with Crippen LogP contribution in [0.3, 0.4) is 0 Å². The minimum atomic E-state index is -3.34. The number of aryl methyl sites for hydroxylation is 2. The largest absolute Gasteiger partial charge is 0.342 e. The molecular formula is C18H24N4O3S. The van der Waals surface area contributed by atoms with E-state index in [9.17, 15) is 13.2 Å². The van der Waals surface area contributed by atoms with Gasteiger partial charge in [-0.25, -0.2) is 8.42 Å². The van der Waals surface area contributed by atoms with Gasteiger partial charge in [0.25, 0.3) is 0 Å². The van der Waals surface area contributed by atoms with Crippen molar-refractivity contribution in [1.82, 2.24) is 19.7 Å². The van der Waals surface area contributed by atoms with Crippen LogP contribution in [-0.2, 0) is 21.2 Å². The number of sulfone groups is 1. The number of likely N-dealkylation sites (tertiary alicyclic amines) is 1. The standard InChI is InChI=1S/C18H24N4O3S/c1-14-7-10-20-22(14)12-8-17(23)21-11-4-5-15(13-21)18-16(26(2,24)25)6-3-9-19-18/h3,6-7,9-10,15H,4-5,8,11-13H2,1-2H3. The molecule has 140 valence electrons. The fourth-order valence-electron chi connectivity index (χ4n) is 3.44. The van der Waals surface area contributed by atoms with E-state index in [0.717, 1.165) is 18.5 Å². The fraction of sp³-hybridized carbons (Fsp3) is 0.500. The molecule has 1 aliphatic heterocycles. The third-order valence-corrected chi connectivity index (χ3v) is 5.97. The molecule has 1 fully saturated rings. The van der Waals surface area contributed by atoms with Gasteiger partial charge in [0.2, 0.25) is 5.91 Å². The number of hydrogen-bond donors (Lipinski definition) is 0. The van der Waals surface area contributed by atoms with Gasteiger partial charge >= 0.3 is 0 Å². The van der Waals surface area contributed by atoms with Gasteiger partial charge in [-0.3, -0.25) is 14.5 Å². The zero-order chi connectivity index (χ0) is 18.7. The SMILES string of the molecule is Cc1ccnn1CCC(=O)N1CCCC(c2ncccc2S(C)(=O)=O)C1. The van der Waals surface area contributed by atoms with Crippen molar-refractivity contribution in [2.24, 2.45) is 0 Å². The van der Waals surface area contributed by atoms with E-state index in [1.165, 1.54) is 6.26 Å². The van der Waals surface area contributed by atoms with Crippen molar-refractivity contribution in [3.63, 3.8) is 0 Å². The maximum Gasteiger partial charge on any atom is 0.224 e. The summed E-state index contributed by atoms with van der Waals surface area (Å²) >= 11 is 0. The van der Waals surface area contributed by atoms with E-state index in [0.29, 0.717) is 31.7 Å². The van der Waals surface area contributed by atoms with E-state index in [2.05, 4.69) is 10.1 Å². The molecule has 1 amide bonds. The van der Waals surface area contributed by atoms with Crippen molar-refractivity contribution in [3.05, 3.63) is 42.0 Å². The molecule has 0 bridgehead atoms. The molecule has 0 aliphatic carbocycles. The average Bonchev–Trinajstić information content (AvgIpc) is 3.04. The van der Waals surface area contributed by atoms with Crippen molar-refractivity contribution < 1.29 is 13.2 Å². The van der Waals surface area contributed by atoms with E-state index in [4.69, 9.17) is 0 Å². The molecule has 0 N–H and O–H groups in total. The van der Waals surface area contributed by atoms with Gasteiger partial charge in [-0.1, -0.05) is 0 Å². The maximum atomic E-state index is 12.6. The number of rotatable bonds is 5. The summed E-state index contributed by atoms with van der Waals surface area (Å²) in [6.07, 6.45) is 6.61. The smallest absolute Gasteiger partial charge is 0.224 e. The van der Waals surface area contributed by atoms with E-state index in [1.54, 1.807) is 24.5 Å². The van der Waals surface area contributed by atoms with E-state index >= 15 is 0 Å². The highest BCUT2D eigenvalue weighted by molar-refractivity contribution is 7.90. The number of aromatic nitrogens is 3. The molecule has 0 aromatic carbocycles. The lowest BCUT2D eigenvalue weighted by molar-refractivity contribution is -0.132. The number of amides is 1. The summed E-state index contributed by atoms with van der Waals surface area (Å²) < 4.78 is 25.9. The lowest BCUT2D eigenvalue weighted by Gasteiger charge is -2.33. The fourth-order valence-corrected chi connectivity index (χ4v) is 4.37. The first-order chi connectivity index (χ1) is 12.4. The molecule has 7 nitrogen and oxygen atoms in total. The minimum Gasteiger partial charge on any atom is -0.342 e. The summed E-state index contributed by atoms with van der Waals surface area (Å²) in [7, 11) is -3.34. The Morgan fingerprint density at radius 2 is 2.12 bits per heavy atom. The Balaban J connectivity index is 1.70. The summed E-state index contributed by atoms with van der Waals surface area (Å²) in [5, 5.41) is 4.20. The highest BCUT2D eigenvalue weighted by atomic mass is 32.2. The van der Waals surface area contributed by atoms with Crippen molar-refractivity contribution >= 4 is 15.7 Å². The third-order valence-electron chi connectivity index (χ3n) is 4.83. The van der Waals surface area contributed by atoms with Crippen LogP contribution in [0.15, 0.2) is 35.5 Å². The van der Waals surface area contributed by atoms with E-state index < -0.39 is 9.84 Å². The summed E-state index contributed by atoms with van der Waals surface area (Å²) in [6.45, 7) is 3.73. The Hall–Kier alpha value is -2.22. The summed E-state index contributed by atoms with van der Waals surface area (Å²) in [4.78, 5) is 19.0. The predicted molar refractivity (Wildman–Crippen MR) is 97.5 cm³/mol. The van der Waals surface area contributed by atoms with Crippen molar-refractivity contribution in [2.45, 2.75) is 43.5 Å². The quantitative estimate of drug-likeness (QED) is 0.794. The number of nitrogens with zero attached hydrogens (tertiary/aromatic N) is 4. The number of hydrogen-bond acceptors (Lipinski definition) is 5. The number of pyridine rings is 1. The number of carbonyl (C=O) groups excluding carboxylic acids is 1. The van der Waals surface area contributed by atoms with Gasteiger partial charge in [-0.05, 0) is 38.0 Å². The van der Waals surface area contributed by atoms with Gasteiger partial charge in [0, 0.05) is 56.3 Å². The molecule has 26 heavy (non-hydrogen) atoms. The topological polar surface area (TPSA) is 85.2 Å². The van der Waals surface area contributed by atoms with Crippen molar-refractivity contribution in [1.29, 1.82) is 0 Å². The zero-order valence-electron chi connectivity index (χ0n) is 15.1. The Morgan fingerprint density at radius 1 is 1.31 bits per heavy atom. The molecule has 1 unspecified atom stereocenters. The maximum absolute atomic E-state index is 12.6. The summed E-state index contributed by atoms with van der Waals surface area (Å²) in [6, 6.07) is 5.14. The molecule has 0 radical (unpaired) electrons. The first-order valence-corrected chi connectivity index (χ1v) is 10.7. The van der Waals surface area contributed by atoms with Gasteiger partial charge in [0.05, 0.1) is 10.6 Å². The summed E-state index contributed by atoms with van der Waals surface area (Å²) in [5.74, 6) is 0.0199. The molecule has 2 aromatic rings. The number of carbonyl (C=O) groups is 1. The van der Waals surface area contributed by atoms with Crippen LogP contribution in [0.25, 0.3) is 0 Å². The Kier molecular flexibility index (Phi) is 5.41. The van der Waals surface area contributed by atoms with Gasteiger partial charge in [0.1, 0.15) is 0 Å². The zero-order valence-corrected chi connectivity index (χ0v) is 15.9. The lowest BCUT2D eigenvalue weighted by Crippen LogP contribution is -2.40. The Bertz CT molecular complexity index is 891. The molecule has 1 saturated heterocycles. The second-order valence-corrected chi connectivity index (χ2v) is 8.77. The number of piperidine rings is 1. The highest BCUT2D eigenvalue weighted by Gasteiger charge is 2.29. The van der Waals surface area contributed by atoms with E-state index in [1.807, 2.05) is 22.6 Å². The van der Waals surface area contributed by atoms with E-state index in [-0.39, 0.29) is 16.7 Å². The first-order valence-electron chi connectivity index (χ1n) is 8.77. The molecule has 8 heteroatoms. The van der Waals surface area contributed by atoms with Crippen molar-refractivity contribution in [3.8, 4) is 0 Å². The molecule has 3 heterocycles. The third kappa shape index (κ3) is 4.12. The Morgan fingerprint density at radius 3 is 2.81 bits per heavy atom. The summed E-state index contributed by atoms with van der Waals surface area (Å²) in [5.41, 5.74) is 1.61. The van der Waals surface area contributed by atoms with Gasteiger partial charge in [-0.15, -0.1) is 0 Å². The Labute approximate surface area is 154 Å². The lowest BCUT2D eigenvalue weighted by atomic mass is 9.94. The van der Waals surface area contributed by atoms with Crippen LogP contribution in [0.2, 0.25) is 0 Å². The molecule has 2 aromatic heterocycles. The van der Waals surface area contributed by atoms with Gasteiger partial charge in [-0.2, -0.15) is 5.10 Å². The predicted octanol–water partition coefficient (Wildman–Crippen LogP) is 1.79. The molecular weight excluding hydrogens is 352 g/mol. The van der Waals surface area contributed by atoms with Gasteiger partial charge in [0.15, 0.2) is 9.84 Å². The second-order valence-electron chi connectivity index (χ2n) is 6.78. The molecule has 0 saturated carbocycles. The average molecular weight is 376 g/mol. The first kappa shape index (κ1) is 18.6. The van der Waals surface area contributed by atoms with Crippen LogP contribution in [0.1, 0.15) is 36.6 Å². The van der Waals surface area contributed by atoms with Crippen LogP contribution >= 0.6 is 0 Å². The minimum absolute atomic E-state index is 0.0509. The normalized spacial score (nSPS) is 18.1. The molecule has 1 aliphatic rings. The second kappa shape index (κ2) is 7.57. The van der Waals surface area contributed by atoms with Gasteiger partial charge < -0.3 is 4.90 Å². The van der Waals surface area contributed by atoms with Crippen LogP contribution in [0.5, 0.6) is 0 Å². The van der Waals surface area contributed by atoms with Crippen LogP contribution in [0.4, 0.5) is 0 Å². The molecule has 0 spiro atoms. The highest BCUT2D eigenvalue weighted by Crippen LogP contribution is 2.30. The van der Waals surface area contributed by atoms with Crippen LogP contribution in [-0.4, -0.2) is 53.3 Å². The van der Waals surface area contributed by atoms with Crippen LogP contribution < -0.4 is 0 Å². The molecule has 3 rings (SSSR count). The van der Waals surface area contributed by atoms with Crippen LogP contribution in [0, 0.1) is 6.92 Å².